The zero-order valence-electron chi connectivity index (χ0n) is 11.0. The maximum absolute atomic E-state index is 13.9. The Balaban J connectivity index is 2.34. The molecule has 0 aliphatic heterocycles. The maximum atomic E-state index is 13.9. The first-order chi connectivity index (χ1) is 10.5. The van der Waals surface area contributed by atoms with Crippen LogP contribution in [-0.4, -0.2) is 4.98 Å². The van der Waals surface area contributed by atoms with Crippen LogP contribution < -0.4 is 5.43 Å². The second-order valence-corrected chi connectivity index (χ2v) is 5.51. The molecule has 1 N–H and O–H groups in total. The number of H-pyrrole nitrogens is 1. The highest BCUT2D eigenvalue weighted by molar-refractivity contribution is 6.33. The zero-order valence-corrected chi connectivity index (χ0v) is 12.5. The van der Waals surface area contributed by atoms with Crippen LogP contribution in [-0.2, 0) is 0 Å². The second kappa shape index (κ2) is 5.45. The smallest absolute Gasteiger partial charge is 0.192 e. The summed E-state index contributed by atoms with van der Waals surface area (Å²) in [5.74, 6) is -0.688. The van der Waals surface area contributed by atoms with Crippen molar-refractivity contribution in [2.24, 2.45) is 0 Å². The van der Waals surface area contributed by atoms with Gasteiger partial charge in [-0.25, -0.2) is 4.39 Å². The molecule has 108 valence electrons. The molecular weight excluding hydrogens is 326 g/mol. The van der Waals surface area contributed by atoms with E-state index in [0.29, 0.717) is 21.8 Å². The number of aromatic amines is 1. The van der Waals surface area contributed by atoms with Crippen LogP contribution in [0.5, 0.6) is 0 Å². The van der Waals surface area contributed by atoms with Gasteiger partial charge in [0.05, 0.1) is 28.2 Å². The van der Waals surface area contributed by atoms with E-state index in [1.54, 1.807) is 18.2 Å². The molecule has 1 aromatic heterocycles. The Morgan fingerprint density at radius 3 is 2.64 bits per heavy atom. The molecule has 0 radical (unpaired) electrons. The number of nitrogens with one attached hydrogen (secondary N) is 1. The SMILES string of the molecule is N#Cc1ccc(Cl)c(-c2cc(=O)c3c(F)cc(Cl)cc3[nH]2)c1. The minimum Gasteiger partial charge on any atom is -0.354 e. The number of fused-ring (bicyclic) bond motifs is 1. The van der Waals surface area contributed by atoms with Crippen LogP contribution in [0.2, 0.25) is 10.0 Å². The number of aromatic nitrogens is 1. The summed E-state index contributed by atoms with van der Waals surface area (Å²) >= 11 is 11.9. The molecule has 0 aliphatic rings. The number of hydrogen-bond donors (Lipinski definition) is 1. The van der Waals surface area contributed by atoms with Gasteiger partial charge in [0.1, 0.15) is 5.82 Å². The van der Waals surface area contributed by atoms with Gasteiger partial charge in [-0.1, -0.05) is 23.2 Å². The summed E-state index contributed by atoms with van der Waals surface area (Å²) < 4.78 is 13.9. The van der Waals surface area contributed by atoms with Gasteiger partial charge < -0.3 is 4.98 Å². The van der Waals surface area contributed by atoms with Crippen molar-refractivity contribution >= 4 is 34.1 Å². The fourth-order valence-electron chi connectivity index (χ4n) is 2.25. The predicted octanol–water partition coefficient (Wildman–Crippen LogP) is 4.51. The fourth-order valence-corrected chi connectivity index (χ4v) is 2.68. The van der Waals surface area contributed by atoms with Crippen LogP contribution in [0.25, 0.3) is 22.2 Å². The van der Waals surface area contributed by atoms with Crippen molar-refractivity contribution in [2.45, 2.75) is 0 Å². The number of halogens is 3. The van der Waals surface area contributed by atoms with Crippen molar-refractivity contribution in [3.05, 3.63) is 68.0 Å². The Morgan fingerprint density at radius 1 is 1.14 bits per heavy atom. The van der Waals surface area contributed by atoms with Crippen LogP contribution in [0.1, 0.15) is 5.56 Å². The first kappa shape index (κ1) is 14.6. The van der Waals surface area contributed by atoms with Gasteiger partial charge in [0.2, 0.25) is 0 Å². The average molecular weight is 333 g/mol. The lowest BCUT2D eigenvalue weighted by molar-refractivity contribution is 0.639. The van der Waals surface area contributed by atoms with Gasteiger partial charge in [0, 0.05) is 21.7 Å². The average Bonchev–Trinajstić information content (AvgIpc) is 2.46. The molecule has 3 aromatic rings. The lowest BCUT2D eigenvalue weighted by Gasteiger charge is -2.08. The topological polar surface area (TPSA) is 56.6 Å². The number of nitriles is 1. The van der Waals surface area contributed by atoms with Crippen molar-refractivity contribution in [1.82, 2.24) is 4.98 Å². The highest BCUT2D eigenvalue weighted by Crippen LogP contribution is 2.28. The summed E-state index contributed by atoms with van der Waals surface area (Å²) in [7, 11) is 0. The van der Waals surface area contributed by atoms with Crippen LogP contribution >= 0.6 is 23.2 Å². The van der Waals surface area contributed by atoms with E-state index >= 15 is 0 Å². The molecule has 2 aromatic carbocycles. The molecule has 3 rings (SSSR count). The number of rotatable bonds is 1. The number of pyridine rings is 1. The first-order valence-electron chi connectivity index (χ1n) is 6.21. The Hall–Kier alpha value is -2.35. The highest BCUT2D eigenvalue weighted by atomic mass is 35.5. The molecule has 0 fully saturated rings. The number of benzene rings is 2. The standard InChI is InChI=1S/C16H7Cl2FN2O/c17-9-4-12(19)16-14(5-9)21-13(6-15(16)22)10-3-8(7-20)1-2-11(10)18/h1-6H,(H,21,22). The Bertz CT molecular complexity index is 1010. The molecule has 3 nitrogen and oxygen atoms in total. The van der Waals surface area contributed by atoms with Gasteiger partial charge in [-0.3, -0.25) is 4.79 Å². The summed E-state index contributed by atoms with van der Waals surface area (Å²) in [5, 5.41) is 9.45. The van der Waals surface area contributed by atoms with Crippen LogP contribution in [0.15, 0.2) is 41.2 Å². The zero-order chi connectivity index (χ0) is 15.9. The predicted molar refractivity (Wildman–Crippen MR) is 84.7 cm³/mol. The molecule has 0 spiro atoms. The molecule has 0 bridgehead atoms. The summed E-state index contributed by atoms with van der Waals surface area (Å²) in [5.41, 5.74) is 1.06. The summed E-state index contributed by atoms with van der Waals surface area (Å²) in [4.78, 5) is 15.1. The van der Waals surface area contributed by atoms with Gasteiger partial charge in [-0.2, -0.15) is 5.26 Å². The number of nitrogens with zero attached hydrogens (tertiary/aromatic N) is 1. The maximum Gasteiger partial charge on any atom is 0.192 e. The lowest BCUT2D eigenvalue weighted by Crippen LogP contribution is -2.05. The van der Waals surface area contributed by atoms with Gasteiger partial charge in [0.25, 0.3) is 0 Å². The van der Waals surface area contributed by atoms with E-state index in [1.807, 2.05) is 6.07 Å². The van der Waals surface area contributed by atoms with Gasteiger partial charge >= 0.3 is 0 Å². The minimum atomic E-state index is -0.688. The van der Waals surface area contributed by atoms with Crippen molar-refractivity contribution in [2.75, 3.05) is 0 Å². The molecule has 1 heterocycles. The quantitative estimate of drug-likeness (QED) is 0.712. The van der Waals surface area contributed by atoms with E-state index in [2.05, 4.69) is 4.98 Å². The lowest BCUT2D eigenvalue weighted by atomic mass is 10.1. The van der Waals surface area contributed by atoms with E-state index in [4.69, 9.17) is 28.5 Å². The molecule has 0 unspecified atom stereocenters. The molecule has 0 saturated carbocycles. The third-order valence-electron chi connectivity index (χ3n) is 3.23. The highest BCUT2D eigenvalue weighted by Gasteiger charge is 2.12. The summed E-state index contributed by atoms with van der Waals surface area (Å²) in [6.07, 6.45) is 0. The summed E-state index contributed by atoms with van der Waals surface area (Å²) in [6, 6.07) is 10.5. The van der Waals surface area contributed by atoms with Crippen LogP contribution in [0, 0.1) is 17.1 Å². The van der Waals surface area contributed by atoms with Crippen molar-refractivity contribution in [3.63, 3.8) is 0 Å². The monoisotopic (exact) mass is 332 g/mol. The molecular formula is C16H7Cl2FN2O. The molecule has 0 amide bonds. The van der Waals surface area contributed by atoms with E-state index in [1.165, 1.54) is 12.1 Å². The largest absolute Gasteiger partial charge is 0.354 e. The summed E-state index contributed by atoms with van der Waals surface area (Å²) in [6.45, 7) is 0. The van der Waals surface area contributed by atoms with E-state index in [-0.39, 0.29) is 15.9 Å². The van der Waals surface area contributed by atoms with E-state index in [9.17, 15) is 9.18 Å². The fraction of sp³-hybridized carbons (Fsp3) is 0. The van der Waals surface area contributed by atoms with Crippen molar-refractivity contribution in [3.8, 4) is 17.3 Å². The van der Waals surface area contributed by atoms with E-state index < -0.39 is 11.2 Å². The van der Waals surface area contributed by atoms with Crippen molar-refractivity contribution in [1.29, 1.82) is 5.26 Å². The Morgan fingerprint density at radius 2 is 1.91 bits per heavy atom. The Labute approximate surface area is 134 Å². The van der Waals surface area contributed by atoms with E-state index in [0.717, 1.165) is 6.07 Å². The minimum absolute atomic E-state index is 0.0688. The van der Waals surface area contributed by atoms with Crippen molar-refractivity contribution < 1.29 is 4.39 Å². The third kappa shape index (κ3) is 2.45. The van der Waals surface area contributed by atoms with Crippen LogP contribution in [0.4, 0.5) is 4.39 Å². The van der Waals surface area contributed by atoms with Gasteiger partial charge in [-0.05, 0) is 30.3 Å². The first-order valence-corrected chi connectivity index (χ1v) is 6.97. The molecule has 0 atom stereocenters. The van der Waals surface area contributed by atoms with Crippen LogP contribution in [0.3, 0.4) is 0 Å². The second-order valence-electron chi connectivity index (χ2n) is 4.66. The normalized spacial score (nSPS) is 10.6. The molecule has 22 heavy (non-hydrogen) atoms. The molecule has 6 heteroatoms. The molecule has 0 saturated heterocycles. The van der Waals surface area contributed by atoms with Gasteiger partial charge in [-0.15, -0.1) is 0 Å². The number of hydrogen-bond acceptors (Lipinski definition) is 2. The molecule has 0 aliphatic carbocycles. The Kier molecular flexibility index (Phi) is 3.61. The third-order valence-corrected chi connectivity index (χ3v) is 3.78. The van der Waals surface area contributed by atoms with Gasteiger partial charge in [0.15, 0.2) is 5.43 Å².